The Morgan fingerprint density at radius 1 is 1.06 bits per heavy atom. The van der Waals surface area contributed by atoms with Gasteiger partial charge in [-0.05, 0) is 30.3 Å². The number of hydrogen-bond donors (Lipinski definition) is 1. The SMILES string of the molecule is COc1cc(C(=O)NCCN2CCN(c3nc4ccc(F)cc4s3)CC2)cc(OC)c1OC. The van der Waals surface area contributed by atoms with Crippen LogP contribution in [0.25, 0.3) is 10.2 Å². The van der Waals surface area contributed by atoms with E-state index in [1.165, 1.54) is 44.8 Å². The van der Waals surface area contributed by atoms with Crippen LogP contribution in [-0.4, -0.2) is 76.4 Å². The van der Waals surface area contributed by atoms with E-state index in [0.717, 1.165) is 48.1 Å². The summed E-state index contributed by atoms with van der Waals surface area (Å²) < 4.78 is 30.3. The zero-order valence-electron chi connectivity index (χ0n) is 18.9. The van der Waals surface area contributed by atoms with Crippen molar-refractivity contribution in [2.45, 2.75) is 0 Å². The Morgan fingerprint density at radius 2 is 1.76 bits per heavy atom. The number of halogens is 1. The van der Waals surface area contributed by atoms with Crippen molar-refractivity contribution in [1.82, 2.24) is 15.2 Å². The van der Waals surface area contributed by atoms with Crippen molar-refractivity contribution in [3.63, 3.8) is 0 Å². The average Bonchev–Trinajstić information content (AvgIpc) is 3.26. The lowest BCUT2D eigenvalue weighted by Crippen LogP contribution is -2.48. The van der Waals surface area contributed by atoms with Gasteiger partial charge in [-0.25, -0.2) is 9.37 Å². The Labute approximate surface area is 195 Å². The van der Waals surface area contributed by atoms with Crippen LogP contribution in [0, 0.1) is 5.82 Å². The van der Waals surface area contributed by atoms with Gasteiger partial charge in [0.25, 0.3) is 5.91 Å². The Kier molecular flexibility index (Phi) is 7.14. The van der Waals surface area contributed by atoms with E-state index in [-0.39, 0.29) is 11.7 Å². The van der Waals surface area contributed by atoms with Gasteiger partial charge in [0, 0.05) is 44.8 Å². The van der Waals surface area contributed by atoms with Crippen molar-refractivity contribution >= 4 is 32.6 Å². The second-order valence-electron chi connectivity index (χ2n) is 7.61. The number of hydrogen-bond acceptors (Lipinski definition) is 8. The summed E-state index contributed by atoms with van der Waals surface area (Å²) in [5, 5.41) is 3.88. The molecule has 2 aromatic carbocycles. The number of carbonyl (C=O) groups is 1. The highest BCUT2D eigenvalue weighted by atomic mass is 32.1. The second-order valence-corrected chi connectivity index (χ2v) is 8.62. The van der Waals surface area contributed by atoms with E-state index in [1.807, 2.05) is 0 Å². The minimum absolute atomic E-state index is 0.199. The van der Waals surface area contributed by atoms with Gasteiger partial charge in [-0.3, -0.25) is 9.69 Å². The highest BCUT2D eigenvalue weighted by Crippen LogP contribution is 2.38. The number of piperazine rings is 1. The molecule has 0 bridgehead atoms. The normalized spacial score (nSPS) is 14.4. The Bertz CT molecular complexity index is 1110. The summed E-state index contributed by atoms with van der Waals surface area (Å²) in [7, 11) is 4.56. The summed E-state index contributed by atoms with van der Waals surface area (Å²) in [6.45, 7) is 4.67. The van der Waals surface area contributed by atoms with Gasteiger partial charge in [0.15, 0.2) is 16.6 Å². The molecule has 1 aromatic heterocycles. The van der Waals surface area contributed by atoms with E-state index in [0.29, 0.717) is 29.4 Å². The zero-order valence-corrected chi connectivity index (χ0v) is 19.7. The number of thiazole rings is 1. The van der Waals surface area contributed by atoms with Crippen LogP contribution in [0.15, 0.2) is 30.3 Å². The number of nitrogens with one attached hydrogen (secondary N) is 1. The lowest BCUT2D eigenvalue weighted by molar-refractivity contribution is 0.0947. The summed E-state index contributed by atoms with van der Waals surface area (Å²) in [5.74, 6) is 0.893. The second kappa shape index (κ2) is 10.2. The van der Waals surface area contributed by atoms with E-state index in [4.69, 9.17) is 14.2 Å². The van der Waals surface area contributed by atoms with Crippen molar-refractivity contribution < 1.29 is 23.4 Å². The first kappa shape index (κ1) is 23.1. The molecule has 0 radical (unpaired) electrons. The number of rotatable bonds is 8. The van der Waals surface area contributed by atoms with Crippen molar-refractivity contribution in [1.29, 1.82) is 0 Å². The molecular weight excluding hydrogens is 447 g/mol. The van der Waals surface area contributed by atoms with Crippen molar-refractivity contribution in [2.24, 2.45) is 0 Å². The molecule has 0 aliphatic carbocycles. The minimum atomic E-state index is -0.240. The number of aromatic nitrogens is 1. The van der Waals surface area contributed by atoms with Crippen LogP contribution in [0.1, 0.15) is 10.4 Å². The van der Waals surface area contributed by atoms with Crippen LogP contribution in [0.5, 0.6) is 17.2 Å². The first-order chi connectivity index (χ1) is 16.0. The predicted octanol–water partition coefficient (Wildman–Crippen LogP) is 3.01. The molecule has 4 rings (SSSR count). The highest BCUT2D eigenvalue weighted by Gasteiger charge is 2.21. The fourth-order valence-electron chi connectivity index (χ4n) is 3.83. The number of nitrogens with zero attached hydrogens (tertiary/aromatic N) is 3. The fourth-order valence-corrected chi connectivity index (χ4v) is 4.87. The molecule has 176 valence electrons. The number of methoxy groups -OCH3 is 3. The van der Waals surface area contributed by atoms with E-state index < -0.39 is 0 Å². The van der Waals surface area contributed by atoms with Crippen LogP contribution >= 0.6 is 11.3 Å². The van der Waals surface area contributed by atoms with Crippen molar-refractivity contribution in [2.75, 3.05) is 65.5 Å². The fraction of sp³-hybridized carbons (Fsp3) is 0.391. The third-order valence-corrected chi connectivity index (χ3v) is 6.70. The Hall–Kier alpha value is -3.11. The van der Waals surface area contributed by atoms with Crippen LogP contribution in [0.3, 0.4) is 0 Å². The van der Waals surface area contributed by atoms with Gasteiger partial charge in [0.05, 0.1) is 31.5 Å². The topological polar surface area (TPSA) is 76.2 Å². The minimum Gasteiger partial charge on any atom is -0.493 e. The van der Waals surface area contributed by atoms with Crippen LogP contribution in [-0.2, 0) is 0 Å². The third-order valence-electron chi connectivity index (χ3n) is 5.62. The average molecular weight is 475 g/mol. The standard InChI is InChI=1S/C23H27FN4O4S/c1-30-18-12-15(13-19(31-2)21(18)32-3)22(29)25-6-7-27-8-10-28(11-9-27)23-26-17-5-4-16(24)14-20(17)33-23/h4-5,12-14H,6-11H2,1-3H3,(H,25,29). The molecule has 1 saturated heterocycles. The molecule has 0 saturated carbocycles. The number of fused-ring (bicyclic) bond motifs is 1. The van der Waals surface area contributed by atoms with Crippen LogP contribution < -0.4 is 24.4 Å². The summed E-state index contributed by atoms with van der Waals surface area (Å²) in [5.41, 5.74) is 1.27. The monoisotopic (exact) mass is 474 g/mol. The van der Waals surface area contributed by atoms with Gasteiger partial charge >= 0.3 is 0 Å². The Morgan fingerprint density at radius 3 is 2.39 bits per heavy atom. The van der Waals surface area contributed by atoms with Crippen LogP contribution in [0.2, 0.25) is 0 Å². The van der Waals surface area contributed by atoms with Gasteiger partial charge in [0.2, 0.25) is 5.75 Å². The summed E-state index contributed by atoms with van der Waals surface area (Å²) in [6.07, 6.45) is 0. The lowest BCUT2D eigenvalue weighted by atomic mass is 10.1. The van der Waals surface area contributed by atoms with Gasteiger partial charge in [-0.1, -0.05) is 11.3 Å². The number of ether oxygens (including phenoxy) is 3. The summed E-state index contributed by atoms with van der Waals surface area (Å²) >= 11 is 1.52. The molecule has 0 spiro atoms. The zero-order chi connectivity index (χ0) is 23.4. The van der Waals surface area contributed by atoms with Gasteiger partial charge in [-0.15, -0.1) is 0 Å². The van der Waals surface area contributed by atoms with E-state index >= 15 is 0 Å². The number of benzene rings is 2. The highest BCUT2D eigenvalue weighted by molar-refractivity contribution is 7.22. The lowest BCUT2D eigenvalue weighted by Gasteiger charge is -2.34. The molecule has 1 N–H and O–H groups in total. The Balaban J connectivity index is 1.28. The maximum atomic E-state index is 13.4. The first-order valence-electron chi connectivity index (χ1n) is 10.6. The molecule has 8 nitrogen and oxygen atoms in total. The maximum absolute atomic E-state index is 13.4. The molecule has 2 heterocycles. The molecule has 10 heteroatoms. The van der Waals surface area contributed by atoms with Crippen molar-refractivity contribution in [3.8, 4) is 17.2 Å². The molecule has 0 atom stereocenters. The smallest absolute Gasteiger partial charge is 0.251 e. The molecule has 1 aliphatic heterocycles. The van der Waals surface area contributed by atoms with E-state index in [9.17, 15) is 9.18 Å². The van der Waals surface area contributed by atoms with E-state index in [2.05, 4.69) is 20.1 Å². The largest absolute Gasteiger partial charge is 0.493 e. The number of amides is 1. The predicted molar refractivity (Wildman–Crippen MR) is 127 cm³/mol. The summed E-state index contributed by atoms with van der Waals surface area (Å²) in [6, 6.07) is 7.97. The van der Waals surface area contributed by atoms with Gasteiger partial charge in [-0.2, -0.15) is 0 Å². The third kappa shape index (κ3) is 5.12. The van der Waals surface area contributed by atoms with Crippen molar-refractivity contribution in [3.05, 3.63) is 41.7 Å². The van der Waals surface area contributed by atoms with E-state index in [1.54, 1.807) is 18.2 Å². The molecule has 1 fully saturated rings. The molecular formula is C23H27FN4O4S. The molecule has 33 heavy (non-hydrogen) atoms. The molecule has 1 amide bonds. The molecule has 3 aromatic rings. The first-order valence-corrected chi connectivity index (χ1v) is 11.5. The molecule has 1 aliphatic rings. The van der Waals surface area contributed by atoms with Gasteiger partial charge < -0.3 is 24.4 Å². The number of anilines is 1. The quantitative estimate of drug-likeness (QED) is 0.538. The number of carbonyl (C=O) groups excluding carboxylic acids is 1. The maximum Gasteiger partial charge on any atom is 0.251 e. The molecule has 0 unspecified atom stereocenters. The summed E-state index contributed by atoms with van der Waals surface area (Å²) in [4.78, 5) is 21.8. The van der Waals surface area contributed by atoms with Crippen LogP contribution in [0.4, 0.5) is 9.52 Å². The van der Waals surface area contributed by atoms with Gasteiger partial charge in [0.1, 0.15) is 5.82 Å².